The Morgan fingerprint density at radius 1 is 1.50 bits per heavy atom. The molecule has 0 aromatic heterocycles. The summed E-state index contributed by atoms with van der Waals surface area (Å²) >= 11 is 5.72. The van der Waals surface area contributed by atoms with Crippen molar-refractivity contribution >= 4 is 27.6 Å². The highest BCUT2D eigenvalue weighted by atomic mass is 35.5. The van der Waals surface area contributed by atoms with Crippen LogP contribution in [0.4, 0.5) is 0 Å². The van der Waals surface area contributed by atoms with Crippen LogP contribution in [0.1, 0.15) is 17.3 Å². The largest absolute Gasteiger partial charge is 0.478 e. The summed E-state index contributed by atoms with van der Waals surface area (Å²) < 4.78 is 25.5. The normalized spacial score (nSPS) is 11.4. The number of hydrogen-bond donors (Lipinski definition) is 2. The molecule has 2 N–H and O–H groups in total. The SMILES string of the molecule is CCNS(=O)(=O)c1cccc(C(=O)O)c1Cl. The van der Waals surface area contributed by atoms with E-state index in [1.165, 1.54) is 18.2 Å². The molecule has 5 nitrogen and oxygen atoms in total. The van der Waals surface area contributed by atoms with Crippen LogP contribution in [0.3, 0.4) is 0 Å². The smallest absolute Gasteiger partial charge is 0.337 e. The molecule has 0 heterocycles. The Morgan fingerprint density at radius 2 is 2.12 bits per heavy atom. The summed E-state index contributed by atoms with van der Waals surface area (Å²) in [4.78, 5) is 10.5. The first-order valence-corrected chi connectivity index (χ1v) is 6.27. The van der Waals surface area contributed by atoms with E-state index in [-0.39, 0.29) is 22.0 Å². The third-order valence-electron chi connectivity index (χ3n) is 1.82. The Labute approximate surface area is 98.1 Å². The van der Waals surface area contributed by atoms with Gasteiger partial charge >= 0.3 is 5.97 Å². The number of hydrogen-bond acceptors (Lipinski definition) is 3. The maximum atomic E-state index is 11.6. The Kier molecular flexibility index (Phi) is 3.90. The first kappa shape index (κ1) is 13.0. The molecule has 88 valence electrons. The van der Waals surface area contributed by atoms with E-state index in [1.54, 1.807) is 6.92 Å². The highest BCUT2D eigenvalue weighted by molar-refractivity contribution is 7.89. The second kappa shape index (κ2) is 4.82. The zero-order valence-electron chi connectivity index (χ0n) is 8.40. The van der Waals surface area contributed by atoms with Crippen LogP contribution < -0.4 is 4.72 Å². The summed E-state index contributed by atoms with van der Waals surface area (Å²) in [6, 6.07) is 3.84. The van der Waals surface area contributed by atoms with Crippen LogP contribution in [0.2, 0.25) is 5.02 Å². The van der Waals surface area contributed by atoms with Crippen molar-refractivity contribution in [2.45, 2.75) is 11.8 Å². The van der Waals surface area contributed by atoms with Gasteiger partial charge in [-0.25, -0.2) is 17.9 Å². The molecule has 0 unspecified atom stereocenters. The van der Waals surface area contributed by atoms with Crippen LogP contribution >= 0.6 is 11.6 Å². The lowest BCUT2D eigenvalue weighted by atomic mass is 10.2. The molecule has 0 aliphatic heterocycles. The van der Waals surface area contributed by atoms with E-state index in [0.717, 1.165) is 0 Å². The monoisotopic (exact) mass is 263 g/mol. The summed E-state index contributed by atoms with van der Waals surface area (Å²) in [6.45, 7) is 1.82. The molecule has 0 atom stereocenters. The minimum atomic E-state index is -3.74. The number of carboxylic acid groups (broad SMARTS) is 1. The van der Waals surface area contributed by atoms with Crippen molar-refractivity contribution in [3.8, 4) is 0 Å². The van der Waals surface area contributed by atoms with Crippen molar-refractivity contribution in [2.75, 3.05) is 6.54 Å². The standard InChI is InChI=1S/C9H10ClNO4S/c1-2-11-16(14,15)7-5-3-4-6(8(7)10)9(12)13/h3-5,11H,2H2,1H3,(H,12,13). The number of halogens is 1. The Morgan fingerprint density at radius 3 is 2.62 bits per heavy atom. The van der Waals surface area contributed by atoms with Gasteiger partial charge in [0.2, 0.25) is 10.0 Å². The lowest BCUT2D eigenvalue weighted by Crippen LogP contribution is -2.23. The molecular formula is C9H10ClNO4S. The van der Waals surface area contributed by atoms with Gasteiger partial charge in [-0.2, -0.15) is 0 Å². The molecule has 0 aliphatic carbocycles. The van der Waals surface area contributed by atoms with Crippen molar-refractivity contribution in [1.29, 1.82) is 0 Å². The molecule has 0 spiro atoms. The molecule has 0 fully saturated rings. The van der Waals surface area contributed by atoms with Gasteiger partial charge in [-0.3, -0.25) is 0 Å². The third kappa shape index (κ3) is 2.52. The van der Waals surface area contributed by atoms with Crippen LogP contribution in [0.5, 0.6) is 0 Å². The van der Waals surface area contributed by atoms with Crippen molar-refractivity contribution in [1.82, 2.24) is 4.72 Å². The molecular weight excluding hydrogens is 254 g/mol. The quantitative estimate of drug-likeness (QED) is 0.859. The molecule has 0 saturated heterocycles. The number of carbonyl (C=O) groups is 1. The second-order valence-corrected chi connectivity index (χ2v) is 5.04. The number of sulfonamides is 1. The molecule has 0 amide bonds. The van der Waals surface area contributed by atoms with E-state index in [1.807, 2.05) is 0 Å². The van der Waals surface area contributed by atoms with Crippen LogP contribution in [-0.4, -0.2) is 26.0 Å². The highest BCUT2D eigenvalue weighted by Gasteiger charge is 2.21. The van der Waals surface area contributed by atoms with Gasteiger partial charge in [-0.1, -0.05) is 24.6 Å². The van der Waals surface area contributed by atoms with Crippen molar-refractivity contribution in [3.63, 3.8) is 0 Å². The first-order chi connectivity index (χ1) is 7.40. The van der Waals surface area contributed by atoms with Gasteiger partial charge in [0, 0.05) is 6.54 Å². The summed E-state index contributed by atoms with van der Waals surface area (Å²) in [7, 11) is -3.74. The lowest BCUT2D eigenvalue weighted by Gasteiger charge is -2.07. The summed E-state index contributed by atoms with van der Waals surface area (Å²) in [5, 5.41) is 8.50. The maximum absolute atomic E-state index is 11.6. The number of rotatable bonds is 4. The fourth-order valence-corrected chi connectivity index (χ4v) is 2.80. The van der Waals surface area contributed by atoms with Gasteiger partial charge in [-0.15, -0.1) is 0 Å². The van der Waals surface area contributed by atoms with Crippen LogP contribution in [0.25, 0.3) is 0 Å². The topological polar surface area (TPSA) is 83.5 Å². The molecule has 0 aliphatic rings. The Hall–Kier alpha value is -1.11. The minimum absolute atomic E-state index is 0.204. The number of benzene rings is 1. The number of nitrogens with one attached hydrogen (secondary N) is 1. The van der Waals surface area contributed by atoms with Gasteiger partial charge in [0.05, 0.1) is 10.6 Å². The van der Waals surface area contributed by atoms with Crippen LogP contribution in [0, 0.1) is 0 Å². The van der Waals surface area contributed by atoms with Crippen molar-refractivity contribution in [2.24, 2.45) is 0 Å². The van der Waals surface area contributed by atoms with Crippen molar-refractivity contribution in [3.05, 3.63) is 28.8 Å². The van der Waals surface area contributed by atoms with Gasteiger partial charge in [-0.05, 0) is 12.1 Å². The highest BCUT2D eigenvalue weighted by Crippen LogP contribution is 2.25. The zero-order chi connectivity index (χ0) is 12.3. The summed E-state index contributed by atoms with van der Waals surface area (Å²) in [5.41, 5.74) is -0.236. The maximum Gasteiger partial charge on any atom is 0.337 e. The molecule has 0 bridgehead atoms. The lowest BCUT2D eigenvalue weighted by molar-refractivity contribution is 0.0697. The summed E-state index contributed by atoms with van der Waals surface area (Å²) in [5.74, 6) is -1.27. The van der Waals surface area contributed by atoms with E-state index < -0.39 is 16.0 Å². The van der Waals surface area contributed by atoms with E-state index in [0.29, 0.717) is 0 Å². The minimum Gasteiger partial charge on any atom is -0.478 e. The predicted molar refractivity (Wildman–Crippen MR) is 59.3 cm³/mol. The fourth-order valence-electron chi connectivity index (χ4n) is 1.15. The fraction of sp³-hybridized carbons (Fsp3) is 0.222. The Balaban J connectivity index is 3.37. The van der Waals surface area contributed by atoms with E-state index in [2.05, 4.69) is 4.72 Å². The van der Waals surface area contributed by atoms with Crippen molar-refractivity contribution < 1.29 is 18.3 Å². The second-order valence-electron chi connectivity index (χ2n) is 2.92. The molecule has 16 heavy (non-hydrogen) atoms. The zero-order valence-corrected chi connectivity index (χ0v) is 9.97. The third-order valence-corrected chi connectivity index (χ3v) is 3.92. The summed E-state index contributed by atoms with van der Waals surface area (Å²) in [6.07, 6.45) is 0. The first-order valence-electron chi connectivity index (χ1n) is 4.41. The Bertz CT molecular complexity index is 512. The van der Waals surface area contributed by atoms with E-state index in [4.69, 9.17) is 16.7 Å². The van der Waals surface area contributed by atoms with E-state index in [9.17, 15) is 13.2 Å². The molecule has 1 aromatic rings. The van der Waals surface area contributed by atoms with Gasteiger partial charge < -0.3 is 5.11 Å². The predicted octanol–water partition coefficient (Wildman–Crippen LogP) is 1.34. The molecule has 7 heteroatoms. The molecule has 0 saturated carbocycles. The van der Waals surface area contributed by atoms with Gasteiger partial charge in [0.25, 0.3) is 0 Å². The van der Waals surface area contributed by atoms with Crippen LogP contribution in [-0.2, 0) is 10.0 Å². The molecule has 1 rings (SSSR count). The van der Waals surface area contributed by atoms with E-state index >= 15 is 0 Å². The van der Waals surface area contributed by atoms with Gasteiger partial charge in [0.15, 0.2) is 0 Å². The number of aromatic carboxylic acids is 1. The average molecular weight is 264 g/mol. The number of carboxylic acids is 1. The van der Waals surface area contributed by atoms with Crippen LogP contribution in [0.15, 0.2) is 23.1 Å². The molecule has 0 radical (unpaired) electrons. The van der Waals surface area contributed by atoms with Gasteiger partial charge in [0.1, 0.15) is 4.90 Å². The average Bonchev–Trinajstić information content (AvgIpc) is 2.17. The molecule has 1 aromatic carbocycles.